The van der Waals surface area contributed by atoms with Gasteiger partial charge in [-0.2, -0.15) is 9.97 Å². The minimum absolute atomic E-state index is 0.127. The minimum atomic E-state index is -0.626. The van der Waals surface area contributed by atoms with Crippen molar-refractivity contribution in [2.45, 2.75) is 24.7 Å². The molecule has 3 aliphatic rings. The van der Waals surface area contributed by atoms with Crippen LogP contribution in [0.1, 0.15) is 47.2 Å². The number of nitrogens with zero attached hydrogens (tertiary/aromatic N) is 5. The maximum atomic E-state index is 5.51. The van der Waals surface area contributed by atoms with E-state index in [2.05, 4.69) is 260 Å². The fourth-order valence-corrected chi connectivity index (χ4v) is 14.2. The van der Waals surface area contributed by atoms with Crippen LogP contribution in [0, 0.1) is 0 Å². The molecule has 0 N–H and O–H groups in total. The van der Waals surface area contributed by atoms with Gasteiger partial charge < -0.3 is 4.57 Å². The SMILES string of the molecule is CC1(C)c2ccccc2-c2cc3c4cc(-c5ccc6c(c5)c5ccc7c(c5n6-c5nc(-c6ccccc6)nc(-c6ccccc6)n5)C5(c6ccccc6-c6ccccc65)c5ccccc5-7)ccc4n(-c4ccccc4)c3cc21. The predicted octanol–water partition coefficient (Wildman–Crippen LogP) is 17.7. The minimum Gasteiger partial charge on any atom is -0.309 e. The maximum absolute atomic E-state index is 5.51. The first kappa shape index (κ1) is 43.3. The zero-order valence-corrected chi connectivity index (χ0v) is 42.9. The van der Waals surface area contributed by atoms with Crippen LogP contribution >= 0.6 is 0 Å². The summed E-state index contributed by atoms with van der Waals surface area (Å²) in [6.45, 7) is 4.74. The van der Waals surface area contributed by atoms with E-state index in [0.29, 0.717) is 17.6 Å². The number of rotatable bonds is 5. The molecule has 0 saturated heterocycles. The van der Waals surface area contributed by atoms with E-state index >= 15 is 0 Å². The summed E-state index contributed by atoms with van der Waals surface area (Å²) in [5.41, 5.74) is 24.5. The lowest BCUT2D eigenvalue weighted by Crippen LogP contribution is -2.26. The van der Waals surface area contributed by atoms with Crippen molar-refractivity contribution in [3.05, 3.63) is 282 Å². The molecule has 0 bridgehead atoms. The molecule has 5 nitrogen and oxygen atoms in total. The molecule has 0 unspecified atom stereocenters. The summed E-state index contributed by atoms with van der Waals surface area (Å²) in [4.78, 5) is 16.2. The Balaban J connectivity index is 0.968. The third-order valence-electron chi connectivity index (χ3n) is 17.6. The highest BCUT2D eigenvalue weighted by atomic mass is 15.2. The predicted molar refractivity (Wildman–Crippen MR) is 319 cm³/mol. The van der Waals surface area contributed by atoms with Crippen LogP contribution in [0.15, 0.2) is 249 Å². The number of hydrogen-bond donors (Lipinski definition) is 0. The molecule has 0 amide bonds. The Morgan fingerprint density at radius 1 is 0.308 bits per heavy atom. The summed E-state index contributed by atoms with van der Waals surface area (Å²) in [6.07, 6.45) is 0. The molecule has 0 aliphatic heterocycles. The molecule has 78 heavy (non-hydrogen) atoms. The van der Waals surface area contributed by atoms with Crippen LogP contribution in [0.2, 0.25) is 0 Å². The largest absolute Gasteiger partial charge is 0.309 e. The first-order valence-corrected chi connectivity index (χ1v) is 27.0. The van der Waals surface area contributed by atoms with Crippen molar-refractivity contribution in [2.75, 3.05) is 0 Å². The molecule has 3 aromatic heterocycles. The number of fused-ring (bicyclic) bond motifs is 20. The van der Waals surface area contributed by atoms with Gasteiger partial charge in [0.25, 0.3) is 0 Å². The normalized spacial score (nSPS) is 14.0. The Hall–Kier alpha value is -9.97. The van der Waals surface area contributed by atoms with E-state index in [9.17, 15) is 0 Å². The van der Waals surface area contributed by atoms with Gasteiger partial charge in [0.05, 0.1) is 27.5 Å². The number of hydrogen-bond acceptors (Lipinski definition) is 3. The molecule has 3 heterocycles. The van der Waals surface area contributed by atoms with Crippen LogP contribution in [0.3, 0.4) is 0 Å². The Labute approximate surface area is 451 Å². The average molecular weight is 994 g/mol. The van der Waals surface area contributed by atoms with Crippen LogP contribution in [0.4, 0.5) is 0 Å². The van der Waals surface area contributed by atoms with E-state index in [1.807, 2.05) is 12.1 Å². The van der Waals surface area contributed by atoms with Crippen molar-refractivity contribution in [3.8, 4) is 78.9 Å². The third-order valence-corrected chi connectivity index (χ3v) is 17.6. The van der Waals surface area contributed by atoms with Gasteiger partial charge in [-0.15, -0.1) is 0 Å². The van der Waals surface area contributed by atoms with Gasteiger partial charge in [-0.3, -0.25) is 4.57 Å². The number of aromatic nitrogens is 5. The van der Waals surface area contributed by atoms with E-state index in [1.54, 1.807) is 0 Å². The molecule has 11 aromatic carbocycles. The highest BCUT2D eigenvalue weighted by molar-refractivity contribution is 6.16. The molecule has 14 aromatic rings. The molecule has 3 aliphatic carbocycles. The van der Waals surface area contributed by atoms with Crippen LogP contribution in [-0.4, -0.2) is 24.1 Å². The van der Waals surface area contributed by atoms with E-state index in [4.69, 9.17) is 15.0 Å². The van der Waals surface area contributed by atoms with Gasteiger partial charge in [0.15, 0.2) is 11.6 Å². The fourth-order valence-electron chi connectivity index (χ4n) is 14.2. The second kappa shape index (κ2) is 15.8. The fraction of sp³-hybridized carbons (Fsp3) is 0.0548. The second-order valence-electron chi connectivity index (χ2n) is 21.8. The highest BCUT2D eigenvalue weighted by Gasteiger charge is 2.53. The monoisotopic (exact) mass is 993 g/mol. The van der Waals surface area contributed by atoms with Gasteiger partial charge in [0, 0.05) is 49.3 Å². The van der Waals surface area contributed by atoms with Gasteiger partial charge in [-0.25, -0.2) is 4.98 Å². The molecule has 0 fully saturated rings. The zero-order chi connectivity index (χ0) is 51.4. The van der Waals surface area contributed by atoms with Gasteiger partial charge in [0.1, 0.15) is 0 Å². The Kier molecular flexibility index (Phi) is 8.77. The molecule has 364 valence electrons. The summed E-state index contributed by atoms with van der Waals surface area (Å²) in [5, 5.41) is 4.74. The van der Waals surface area contributed by atoms with E-state index in [1.165, 1.54) is 88.6 Å². The Bertz CT molecular complexity index is 4750. The van der Waals surface area contributed by atoms with E-state index < -0.39 is 5.41 Å². The molecule has 0 saturated carbocycles. The highest BCUT2D eigenvalue weighted by Crippen LogP contribution is 2.64. The first-order chi connectivity index (χ1) is 38.4. The Morgan fingerprint density at radius 2 is 0.769 bits per heavy atom. The van der Waals surface area contributed by atoms with E-state index in [0.717, 1.165) is 49.7 Å². The van der Waals surface area contributed by atoms with Crippen LogP contribution in [0.5, 0.6) is 0 Å². The summed E-state index contributed by atoms with van der Waals surface area (Å²) >= 11 is 0. The maximum Gasteiger partial charge on any atom is 0.238 e. The second-order valence-corrected chi connectivity index (χ2v) is 21.8. The van der Waals surface area contributed by atoms with Crippen molar-refractivity contribution < 1.29 is 0 Å². The van der Waals surface area contributed by atoms with E-state index in [-0.39, 0.29) is 5.41 Å². The molecule has 1 spiro atoms. The van der Waals surface area contributed by atoms with Gasteiger partial charge in [-0.1, -0.05) is 214 Å². The quantitative estimate of drug-likeness (QED) is 0.173. The van der Waals surface area contributed by atoms with Crippen molar-refractivity contribution >= 4 is 43.6 Å². The average Bonchev–Trinajstić information content (AvgIpc) is 2.36. The van der Waals surface area contributed by atoms with Crippen molar-refractivity contribution in [1.82, 2.24) is 24.1 Å². The summed E-state index contributed by atoms with van der Waals surface area (Å²) in [5.74, 6) is 1.81. The molecular weight excluding hydrogens is 947 g/mol. The van der Waals surface area contributed by atoms with Crippen molar-refractivity contribution in [1.29, 1.82) is 0 Å². The van der Waals surface area contributed by atoms with Crippen molar-refractivity contribution in [2.24, 2.45) is 0 Å². The summed E-state index contributed by atoms with van der Waals surface area (Å²) < 4.78 is 4.82. The summed E-state index contributed by atoms with van der Waals surface area (Å²) in [6, 6.07) is 91.3. The standard InChI is InChI=1S/C73H47N5/c1-72(2)59-30-16-12-29-52(59)55-42-58-57-41-47(34-38-64(57)77(66(58)43-63(55)72)48-24-10-5-11-25-48)46-35-39-65-56(40-46)54-37-36-53-51-28-15-19-33-62(51)73(60-31-17-13-26-49(60)50-27-14-18-32-61(50)73)67(53)68(54)78(65)71-75-69(44-20-6-3-7-21-44)74-70(76-71)45-22-8-4-9-23-45/h3-43H,1-2H3. The lowest BCUT2D eigenvalue weighted by atomic mass is 9.70. The van der Waals surface area contributed by atoms with Crippen LogP contribution < -0.4 is 0 Å². The smallest absolute Gasteiger partial charge is 0.238 e. The Morgan fingerprint density at radius 3 is 1.35 bits per heavy atom. The lowest BCUT2D eigenvalue weighted by molar-refractivity contribution is 0.661. The first-order valence-electron chi connectivity index (χ1n) is 27.0. The zero-order valence-electron chi connectivity index (χ0n) is 42.9. The van der Waals surface area contributed by atoms with Crippen LogP contribution in [-0.2, 0) is 10.8 Å². The molecule has 0 atom stereocenters. The lowest BCUT2D eigenvalue weighted by Gasteiger charge is -2.31. The number of para-hydroxylation sites is 1. The molecule has 0 radical (unpaired) electrons. The molecule has 17 rings (SSSR count). The molecule has 5 heteroatoms. The summed E-state index contributed by atoms with van der Waals surface area (Å²) in [7, 11) is 0. The van der Waals surface area contributed by atoms with Crippen molar-refractivity contribution in [3.63, 3.8) is 0 Å². The van der Waals surface area contributed by atoms with Gasteiger partial charge in [-0.05, 0) is 121 Å². The topological polar surface area (TPSA) is 48.5 Å². The van der Waals surface area contributed by atoms with Crippen LogP contribution in [0.25, 0.3) is 123 Å². The number of benzene rings is 11. The van der Waals surface area contributed by atoms with Gasteiger partial charge in [0.2, 0.25) is 5.95 Å². The third kappa shape index (κ3) is 5.72. The molecular formula is C73H47N5. The van der Waals surface area contributed by atoms with Gasteiger partial charge >= 0.3 is 0 Å².